The van der Waals surface area contributed by atoms with Crippen LogP contribution in [0.2, 0.25) is 5.02 Å². The number of aryl methyl sites for hydroxylation is 1. The number of para-hydroxylation sites is 1. The number of fused-ring (bicyclic) bond motifs is 2. The average Bonchev–Trinajstić information content (AvgIpc) is 2.92. The van der Waals surface area contributed by atoms with Crippen LogP contribution in [0.4, 0.5) is 5.69 Å². The molecule has 2 heterocycles. The lowest BCUT2D eigenvalue weighted by Crippen LogP contribution is -2.12. The van der Waals surface area contributed by atoms with E-state index in [2.05, 4.69) is 10.3 Å². The van der Waals surface area contributed by atoms with Crippen LogP contribution in [0.1, 0.15) is 16.1 Å². The van der Waals surface area contributed by atoms with Gasteiger partial charge in [0.1, 0.15) is 5.58 Å². The lowest BCUT2D eigenvalue weighted by Gasteiger charge is -2.07. The largest absolute Gasteiger partial charge is 0.451 e. The average molecular weight is 337 g/mol. The van der Waals surface area contributed by atoms with Gasteiger partial charge in [0.05, 0.1) is 11.2 Å². The highest BCUT2D eigenvalue weighted by Gasteiger charge is 2.18. The highest BCUT2D eigenvalue weighted by atomic mass is 35.5. The number of amides is 1. The molecule has 0 spiro atoms. The van der Waals surface area contributed by atoms with E-state index in [1.54, 1.807) is 24.4 Å². The number of nitrogens with one attached hydrogen (secondary N) is 1. The Bertz CT molecular complexity index is 1080. The summed E-state index contributed by atoms with van der Waals surface area (Å²) >= 11 is 6.02. The quantitative estimate of drug-likeness (QED) is 0.547. The highest BCUT2D eigenvalue weighted by molar-refractivity contribution is 6.31. The van der Waals surface area contributed by atoms with E-state index in [4.69, 9.17) is 16.0 Å². The lowest BCUT2D eigenvalue weighted by molar-refractivity contribution is 0.0998. The second-order valence-corrected chi connectivity index (χ2v) is 5.97. The zero-order valence-electron chi connectivity index (χ0n) is 12.8. The van der Waals surface area contributed by atoms with Gasteiger partial charge >= 0.3 is 0 Å². The molecule has 0 saturated carbocycles. The number of pyridine rings is 1. The molecule has 0 fully saturated rings. The van der Waals surface area contributed by atoms with Crippen molar-refractivity contribution >= 4 is 45.1 Å². The third kappa shape index (κ3) is 2.41. The van der Waals surface area contributed by atoms with Crippen LogP contribution in [0.5, 0.6) is 0 Å². The van der Waals surface area contributed by atoms with Crippen molar-refractivity contribution in [3.8, 4) is 0 Å². The normalized spacial score (nSPS) is 11.1. The van der Waals surface area contributed by atoms with Crippen LogP contribution in [0.25, 0.3) is 21.9 Å². The number of aromatic nitrogens is 1. The molecule has 1 N–H and O–H groups in total. The number of anilines is 1. The summed E-state index contributed by atoms with van der Waals surface area (Å²) in [6, 6.07) is 14.8. The van der Waals surface area contributed by atoms with Crippen molar-refractivity contribution in [1.29, 1.82) is 0 Å². The van der Waals surface area contributed by atoms with Gasteiger partial charge in [-0.1, -0.05) is 29.8 Å². The maximum absolute atomic E-state index is 12.7. The summed E-state index contributed by atoms with van der Waals surface area (Å²) in [6.45, 7) is 1.85. The molecule has 4 nitrogen and oxygen atoms in total. The zero-order valence-corrected chi connectivity index (χ0v) is 13.6. The van der Waals surface area contributed by atoms with E-state index in [0.717, 1.165) is 21.9 Å². The summed E-state index contributed by atoms with van der Waals surface area (Å²) in [4.78, 5) is 17.0. The number of hydrogen-bond acceptors (Lipinski definition) is 3. The maximum atomic E-state index is 12.7. The predicted molar refractivity (Wildman–Crippen MR) is 95.7 cm³/mol. The number of carbonyl (C=O) groups is 1. The van der Waals surface area contributed by atoms with Gasteiger partial charge in [0.25, 0.3) is 5.91 Å². The Labute approximate surface area is 143 Å². The van der Waals surface area contributed by atoms with E-state index in [1.165, 1.54) is 0 Å². The van der Waals surface area contributed by atoms with E-state index in [-0.39, 0.29) is 11.7 Å². The Balaban J connectivity index is 1.75. The molecule has 4 rings (SSSR count). The minimum absolute atomic E-state index is 0.278. The third-order valence-electron chi connectivity index (χ3n) is 3.99. The molecule has 0 atom stereocenters. The van der Waals surface area contributed by atoms with Crippen LogP contribution in [0.15, 0.2) is 59.1 Å². The Kier molecular flexibility index (Phi) is 3.47. The van der Waals surface area contributed by atoms with Gasteiger partial charge in [-0.25, -0.2) is 0 Å². The minimum atomic E-state index is -0.307. The summed E-state index contributed by atoms with van der Waals surface area (Å²) in [5, 5.41) is 5.30. The van der Waals surface area contributed by atoms with Crippen molar-refractivity contribution in [3.05, 3.63) is 71.1 Å². The maximum Gasteiger partial charge on any atom is 0.291 e. The summed E-state index contributed by atoms with van der Waals surface area (Å²) in [5.41, 5.74) is 2.79. The van der Waals surface area contributed by atoms with E-state index in [0.29, 0.717) is 16.3 Å². The minimum Gasteiger partial charge on any atom is -0.451 e. The summed E-state index contributed by atoms with van der Waals surface area (Å²) < 4.78 is 5.71. The molecule has 0 bridgehead atoms. The van der Waals surface area contributed by atoms with Gasteiger partial charge in [-0.15, -0.1) is 0 Å². The van der Waals surface area contributed by atoms with Gasteiger partial charge < -0.3 is 9.73 Å². The molecule has 5 heteroatoms. The van der Waals surface area contributed by atoms with Gasteiger partial charge in [-0.2, -0.15) is 0 Å². The van der Waals surface area contributed by atoms with Crippen molar-refractivity contribution < 1.29 is 9.21 Å². The molecule has 4 aromatic rings. The van der Waals surface area contributed by atoms with E-state index in [1.807, 2.05) is 37.3 Å². The Morgan fingerprint density at radius 1 is 1.17 bits per heavy atom. The van der Waals surface area contributed by atoms with Crippen LogP contribution in [-0.4, -0.2) is 10.9 Å². The van der Waals surface area contributed by atoms with E-state index in [9.17, 15) is 4.79 Å². The van der Waals surface area contributed by atoms with Crippen LogP contribution in [0, 0.1) is 6.92 Å². The molecule has 0 saturated heterocycles. The highest BCUT2D eigenvalue weighted by Crippen LogP contribution is 2.29. The van der Waals surface area contributed by atoms with Gasteiger partial charge in [0.15, 0.2) is 5.76 Å². The first-order chi connectivity index (χ1) is 11.6. The summed E-state index contributed by atoms with van der Waals surface area (Å²) in [5.74, 6) is -0.0295. The van der Waals surface area contributed by atoms with Gasteiger partial charge in [-0.3, -0.25) is 9.78 Å². The molecule has 118 valence electrons. The number of nitrogens with zero attached hydrogens (tertiary/aromatic N) is 1. The second-order valence-electron chi connectivity index (χ2n) is 5.53. The van der Waals surface area contributed by atoms with Crippen molar-refractivity contribution in [2.45, 2.75) is 6.92 Å². The molecule has 0 aliphatic carbocycles. The Hall–Kier alpha value is -2.85. The van der Waals surface area contributed by atoms with Crippen molar-refractivity contribution in [1.82, 2.24) is 4.98 Å². The number of furan rings is 1. The topological polar surface area (TPSA) is 55.1 Å². The zero-order chi connectivity index (χ0) is 16.7. The first kappa shape index (κ1) is 14.7. The summed E-state index contributed by atoms with van der Waals surface area (Å²) in [6.07, 6.45) is 1.70. The molecule has 0 radical (unpaired) electrons. The van der Waals surface area contributed by atoms with E-state index < -0.39 is 0 Å². The third-order valence-corrected chi connectivity index (χ3v) is 4.22. The standard InChI is InChI=1S/C19H13ClN2O2/c1-11-14-10-13(20)7-8-16(14)24-18(11)19(23)22-15-6-2-4-12-5-3-9-21-17(12)15/h2-10H,1H3,(H,22,23). The smallest absolute Gasteiger partial charge is 0.291 e. The molecule has 24 heavy (non-hydrogen) atoms. The van der Waals surface area contributed by atoms with Crippen molar-refractivity contribution in [2.75, 3.05) is 5.32 Å². The van der Waals surface area contributed by atoms with Gasteiger partial charge in [-0.05, 0) is 37.3 Å². The van der Waals surface area contributed by atoms with Crippen molar-refractivity contribution in [2.24, 2.45) is 0 Å². The molecular weight excluding hydrogens is 324 g/mol. The Morgan fingerprint density at radius 3 is 2.88 bits per heavy atom. The molecule has 2 aromatic heterocycles. The van der Waals surface area contributed by atoms with E-state index >= 15 is 0 Å². The predicted octanol–water partition coefficient (Wildman–Crippen LogP) is 5.20. The fourth-order valence-corrected chi connectivity index (χ4v) is 2.97. The van der Waals surface area contributed by atoms with Crippen molar-refractivity contribution in [3.63, 3.8) is 0 Å². The molecule has 0 aliphatic rings. The van der Waals surface area contributed by atoms with Crippen LogP contribution in [-0.2, 0) is 0 Å². The monoisotopic (exact) mass is 336 g/mol. The molecule has 0 aliphatic heterocycles. The van der Waals surface area contributed by atoms with Crippen LogP contribution < -0.4 is 5.32 Å². The first-order valence-electron chi connectivity index (χ1n) is 7.47. The Morgan fingerprint density at radius 2 is 2.00 bits per heavy atom. The van der Waals surface area contributed by atoms with Crippen LogP contribution >= 0.6 is 11.6 Å². The number of carbonyl (C=O) groups excluding carboxylic acids is 1. The SMILES string of the molecule is Cc1c(C(=O)Nc2cccc3cccnc23)oc2ccc(Cl)cc12. The van der Waals surface area contributed by atoms with Crippen LogP contribution in [0.3, 0.4) is 0 Å². The fourth-order valence-electron chi connectivity index (χ4n) is 2.79. The second kappa shape index (κ2) is 5.65. The fraction of sp³-hybridized carbons (Fsp3) is 0.0526. The number of halogens is 1. The summed E-state index contributed by atoms with van der Waals surface area (Å²) in [7, 11) is 0. The number of hydrogen-bond donors (Lipinski definition) is 1. The number of benzene rings is 2. The lowest BCUT2D eigenvalue weighted by atomic mass is 10.1. The first-order valence-corrected chi connectivity index (χ1v) is 7.85. The van der Waals surface area contributed by atoms with Gasteiger partial charge in [0, 0.05) is 27.6 Å². The van der Waals surface area contributed by atoms with Gasteiger partial charge in [0.2, 0.25) is 0 Å². The molecule has 2 aromatic carbocycles. The molecule has 1 amide bonds. The molecular formula is C19H13ClN2O2. The molecule has 0 unspecified atom stereocenters. The number of rotatable bonds is 2.